The monoisotopic (exact) mass is 210 g/mol. The Morgan fingerprint density at radius 1 is 1.57 bits per heavy atom. The third kappa shape index (κ3) is 2.15. The molecule has 2 heterocycles. The molecule has 0 aromatic carbocycles. The highest BCUT2D eigenvalue weighted by Crippen LogP contribution is 2.22. The molecule has 1 aliphatic heterocycles. The number of rotatable bonds is 3. The summed E-state index contributed by atoms with van der Waals surface area (Å²) in [6, 6.07) is 0. The molecule has 2 nitrogen and oxygen atoms in total. The van der Waals surface area contributed by atoms with E-state index in [2.05, 4.69) is 24.1 Å². The van der Waals surface area contributed by atoms with Gasteiger partial charge in [-0.1, -0.05) is 6.92 Å². The van der Waals surface area contributed by atoms with Gasteiger partial charge < -0.3 is 5.32 Å². The van der Waals surface area contributed by atoms with Crippen LogP contribution < -0.4 is 5.32 Å². The SMILES string of the molecule is CCc1nc(CC2CCNC2)c(C)s1. The van der Waals surface area contributed by atoms with E-state index in [1.165, 1.54) is 41.5 Å². The van der Waals surface area contributed by atoms with E-state index in [9.17, 15) is 0 Å². The summed E-state index contributed by atoms with van der Waals surface area (Å²) in [6.07, 6.45) is 3.57. The Labute approximate surface area is 89.8 Å². The van der Waals surface area contributed by atoms with Crippen molar-refractivity contribution in [3.05, 3.63) is 15.6 Å². The van der Waals surface area contributed by atoms with E-state index >= 15 is 0 Å². The largest absolute Gasteiger partial charge is 0.316 e. The Morgan fingerprint density at radius 3 is 3.00 bits per heavy atom. The van der Waals surface area contributed by atoms with Crippen molar-refractivity contribution >= 4 is 11.3 Å². The molecule has 1 N–H and O–H groups in total. The number of hydrogen-bond acceptors (Lipinski definition) is 3. The molecular formula is C11H18N2S. The van der Waals surface area contributed by atoms with Gasteiger partial charge in [-0.3, -0.25) is 0 Å². The number of hydrogen-bond donors (Lipinski definition) is 1. The Balaban J connectivity index is 2.03. The van der Waals surface area contributed by atoms with Gasteiger partial charge in [-0.2, -0.15) is 0 Å². The van der Waals surface area contributed by atoms with Crippen molar-refractivity contribution in [2.24, 2.45) is 5.92 Å². The van der Waals surface area contributed by atoms with E-state index in [0.29, 0.717) is 0 Å². The van der Waals surface area contributed by atoms with E-state index < -0.39 is 0 Å². The fourth-order valence-electron chi connectivity index (χ4n) is 1.99. The van der Waals surface area contributed by atoms with Gasteiger partial charge in [0.25, 0.3) is 0 Å². The van der Waals surface area contributed by atoms with Crippen LogP contribution in [0.4, 0.5) is 0 Å². The van der Waals surface area contributed by atoms with E-state index in [1.54, 1.807) is 0 Å². The standard InChI is InChI=1S/C11H18N2S/c1-3-11-13-10(8(2)14-11)6-9-4-5-12-7-9/h9,12H,3-7H2,1-2H3. The molecule has 1 aliphatic rings. The van der Waals surface area contributed by atoms with Gasteiger partial charge in [0.1, 0.15) is 0 Å². The van der Waals surface area contributed by atoms with Gasteiger partial charge in [0.05, 0.1) is 10.7 Å². The van der Waals surface area contributed by atoms with Crippen molar-refractivity contribution in [2.45, 2.75) is 33.1 Å². The van der Waals surface area contributed by atoms with Crippen LogP contribution in [-0.2, 0) is 12.8 Å². The summed E-state index contributed by atoms with van der Waals surface area (Å²) in [5, 5.41) is 4.70. The van der Waals surface area contributed by atoms with Gasteiger partial charge in [-0.05, 0) is 45.2 Å². The normalized spacial score (nSPS) is 21.7. The quantitative estimate of drug-likeness (QED) is 0.827. The molecule has 1 fully saturated rings. The summed E-state index contributed by atoms with van der Waals surface area (Å²) in [7, 11) is 0. The molecule has 0 amide bonds. The molecule has 1 aromatic rings. The molecule has 1 aromatic heterocycles. The summed E-state index contributed by atoms with van der Waals surface area (Å²) >= 11 is 1.87. The smallest absolute Gasteiger partial charge is 0.0928 e. The van der Waals surface area contributed by atoms with Gasteiger partial charge in [0, 0.05) is 4.88 Å². The third-order valence-electron chi connectivity index (χ3n) is 2.88. The molecule has 0 aliphatic carbocycles. The Bertz CT molecular complexity index is 300. The van der Waals surface area contributed by atoms with Crippen molar-refractivity contribution in [3.63, 3.8) is 0 Å². The molecule has 3 heteroatoms. The second-order valence-corrected chi connectivity index (χ2v) is 5.31. The molecule has 1 saturated heterocycles. The molecule has 78 valence electrons. The zero-order chi connectivity index (χ0) is 9.97. The highest BCUT2D eigenvalue weighted by molar-refractivity contribution is 7.11. The topological polar surface area (TPSA) is 24.9 Å². The van der Waals surface area contributed by atoms with Crippen molar-refractivity contribution in [1.82, 2.24) is 10.3 Å². The van der Waals surface area contributed by atoms with Crippen LogP contribution in [-0.4, -0.2) is 18.1 Å². The average molecular weight is 210 g/mol. The summed E-state index contributed by atoms with van der Waals surface area (Å²) < 4.78 is 0. The van der Waals surface area contributed by atoms with Crippen LogP contribution in [0, 0.1) is 12.8 Å². The number of nitrogens with zero attached hydrogens (tertiary/aromatic N) is 1. The van der Waals surface area contributed by atoms with Crippen molar-refractivity contribution in [1.29, 1.82) is 0 Å². The molecule has 0 spiro atoms. The lowest BCUT2D eigenvalue weighted by atomic mass is 10.0. The molecule has 2 rings (SSSR count). The van der Waals surface area contributed by atoms with E-state index in [4.69, 9.17) is 0 Å². The minimum absolute atomic E-state index is 0.820. The summed E-state index contributed by atoms with van der Waals surface area (Å²) in [5.74, 6) is 0.820. The minimum atomic E-state index is 0.820. The summed E-state index contributed by atoms with van der Waals surface area (Å²) in [5.41, 5.74) is 1.35. The third-order valence-corrected chi connectivity index (χ3v) is 4.04. The summed E-state index contributed by atoms with van der Waals surface area (Å²) in [4.78, 5) is 6.11. The molecule has 1 atom stereocenters. The highest BCUT2D eigenvalue weighted by Gasteiger charge is 2.17. The molecule has 0 bridgehead atoms. The van der Waals surface area contributed by atoms with Gasteiger partial charge in [0.15, 0.2) is 0 Å². The number of aryl methyl sites for hydroxylation is 2. The lowest BCUT2D eigenvalue weighted by Crippen LogP contribution is -2.11. The zero-order valence-electron chi connectivity index (χ0n) is 8.97. The first kappa shape index (κ1) is 10.1. The van der Waals surface area contributed by atoms with Crippen LogP contribution in [0.15, 0.2) is 0 Å². The van der Waals surface area contributed by atoms with Crippen molar-refractivity contribution in [2.75, 3.05) is 13.1 Å². The Kier molecular flexibility index (Phi) is 3.19. The van der Waals surface area contributed by atoms with Crippen LogP contribution in [0.5, 0.6) is 0 Å². The van der Waals surface area contributed by atoms with Crippen molar-refractivity contribution in [3.8, 4) is 0 Å². The lowest BCUT2D eigenvalue weighted by molar-refractivity contribution is 0.571. The fraction of sp³-hybridized carbons (Fsp3) is 0.727. The van der Waals surface area contributed by atoms with Gasteiger partial charge in [0.2, 0.25) is 0 Å². The zero-order valence-corrected chi connectivity index (χ0v) is 9.78. The average Bonchev–Trinajstić information content (AvgIpc) is 2.78. The molecule has 0 saturated carbocycles. The van der Waals surface area contributed by atoms with Crippen LogP contribution in [0.25, 0.3) is 0 Å². The van der Waals surface area contributed by atoms with Crippen LogP contribution in [0.1, 0.15) is 28.9 Å². The van der Waals surface area contributed by atoms with E-state index in [-0.39, 0.29) is 0 Å². The summed E-state index contributed by atoms with van der Waals surface area (Å²) in [6.45, 7) is 6.75. The first-order chi connectivity index (χ1) is 6.79. The Hall–Kier alpha value is -0.410. The second-order valence-electron chi connectivity index (χ2n) is 4.03. The molecule has 1 unspecified atom stereocenters. The lowest BCUT2D eigenvalue weighted by Gasteiger charge is -2.05. The fourth-order valence-corrected chi connectivity index (χ4v) is 2.89. The first-order valence-electron chi connectivity index (χ1n) is 5.45. The van der Waals surface area contributed by atoms with Crippen LogP contribution in [0.2, 0.25) is 0 Å². The van der Waals surface area contributed by atoms with Gasteiger partial charge >= 0.3 is 0 Å². The van der Waals surface area contributed by atoms with Crippen LogP contribution in [0.3, 0.4) is 0 Å². The highest BCUT2D eigenvalue weighted by atomic mass is 32.1. The molecule has 14 heavy (non-hydrogen) atoms. The predicted octanol–water partition coefficient (Wildman–Crippen LogP) is 2.17. The number of aromatic nitrogens is 1. The molecular weight excluding hydrogens is 192 g/mol. The van der Waals surface area contributed by atoms with Crippen LogP contribution >= 0.6 is 11.3 Å². The Morgan fingerprint density at radius 2 is 2.43 bits per heavy atom. The van der Waals surface area contributed by atoms with E-state index in [0.717, 1.165) is 12.3 Å². The van der Waals surface area contributed by atoms with Crippen molar-refractivity contribution < 1.29 is 0 Å². The maximum atomic E-state index is 4.68. The first-order valence-corrected chi connectivity index (χ1v) is 6.27. The molecule has 0 radical (unpaired) electrons. The maximum absolute atomic E-state index is 4.68. The second kappa shape index (κ2) is 4.41. The minimum Gasteiger partial charge on any atom is -0.316 e. The number of nitrogens with one attached hydrogen (secondary N) is 1. The predicted molar refractivity (Wildman–Crippen MR) is 60.9 cm³/mol. The number of thiazole rings is 1. The van der Waals surface area contributed by atoms with Gasteiger partial charge in [-0.15, -0.1) is 11.3 Å². The van der Waals surface area contributed by atoms with Gasteiger partial charge in [-0.25, -0.2) is 4.98 Å². The van der Waals surface area contributed by atoms with E-state index in [1.807, 2.05) is 11.3 Å². The maximum Gasteiger partial charge on any atom is 0.0928 e.